The van der Waals surface area contributed by atoms with E-state index in [0.29, 0.717) is 34.0 Å². The van der Waals surface area contributed by atoms with E-state index in [0.717, 1.165) is 23.1 Å². The Labute approximate surface area is 170 Å². The van der Waals surface area contributed by atoms with Crippen molar-refractivity contribution >= 4 is 16.7 Å². The third-order valence-electron chi connectivity index (χ3n) is 4.90. The Balaban J connectivity index is 1.55. The Kier molecular flexibility index (Phi) is 4.97. The van der Waals surface area contributed by atoms with Crippen LogP contribution in [0.1, 0.15) is 30.7 Å². The van der Waals surface area contributed by atoms with Crippen LogP contribution in [0.2, 0.25) is 0 Å². The maximum absolute atomic E-state index is 12.9. The van der Waals surface area contributed by atoms with E-state index in [9.17, 15) is 18.3 Å². The monoisotopic (exact) mass is 416 g/mol. The van der Waals surface area contributed by atoms with E-state index in [-0.39, 0.29) is 19.0 Å². The summed E-state index contributed by atoms with van der Waals surface area (Å²) in [5.74, 6) is 1.65. The average molecular weight is 416 g/mol. The number of furan rings is 1. The Hall–Kier alpha value is -3.35. The van der Waals surface area contributed by atoms with E-state index in [1.807, 2.05) is 0 Å². The van der Waals surface area contributed by atoms with Crippen LogP contribution >= 0.6 is 0 Å². The zero-order valence-electron chi connectivity index (χ0n) is 16.3. The molecule has 0 aliphatic carbocycles. The molecule has 1 N–H and O–H groups in total. The topological polar surface area (TPSA) is 51.8 Å². The lowest BCUT2D eigenvalue weighted by Crippen LogP contribution is -2.08. The van der Waals surface area contributed by atoms with E-state index in [1.54, 1.807) is 44.2 Å². The van der Waals surface area contributed by atoms with Crippen molar-refractivity contribution in [1.82, 2.24) is 0 Å². The van der Waals surface area contributed by atoms with Gasteiger partial charge in [-0.1, -0.05) is 12.1 Å². The minimum Gasteiger partial charge on any atom is -0.507 e. The van der Waals surface area contributed by atoms with Crippen molar-refractivity contribution in [3.8, 4) is 5.75 Å². The molecule has 0 radical (unpaired) electrons. The van der Waals surface area contributed by atoms with Crippen LogP contribution in [0, 0.1) is 0 Å². The highest BCUT2D eigenvalue weighted by Gasteiger charge is 2.30. The predicted octanol–water partition coefficient (Wildman–Crippen LogP) is 6.62. The van der Waals surface area contributed by atoms with Gasteiger partial charge in [0.15, 0.2) is 11.5 Å². The van der Waals surface area contributed by atoms with Crippen LogP contribution in [0.3, 0.4) is 0 Å². The van der Waals surface area contributed by atoms with Gasteiger partial charge in [0.25, 0.3) is 0 Å². The van der Waals surface area contributed by atoms with E-state index in [1.165, 1.54) is 6.07 Å². The highest BCUT2D eigenvalue weighted by atomic mass is 19.4. The minimum atomic E-state index is -4.39. The molecule has 156 valence electrons. The number of rotatable bonds is 4. The number of hydrogen-bond acceptors (Lipinski definition) is 4. The quantitative estimate of drug-likeness (QED) is 0.519. The van der Waals surface area contributed by atoms with E-state index >= 15 is 0 Å². The summed E-state index contributed by atoms with van der Waals surface area (Å²) in [5, 5.41) is 10.9. The summed E-state index contributed by atoms with van der Waals surface area (Å²) in [7, 11) is 0. The third-order valence-corrected chi connectivity index (χ3v) is 4.90. The summed E-state index contributed by atoms with van der Waals surface area (Å²) in [6, 6.07) is 12.0. The van der Waals surface area contributed by atoms with Crippen LogP contribution in [-0.4, -0.2) is 11.7 Å². The molecule has 0 saturated heterocycles. The molecule has 0 bridgehead atoms. The second-order valence-electron chi connectivity index (χ2n) is 7.17. The first-order chi connectivity index (χ1) is 14.2. The van der Waals surface area contributed by atoms with Gasteiger partial charge in [-0.2, -0.15) is 13.2 Å². The first-order valence-corrected chi connectivity index (χ1v) is 9.28. The number of aliphatic hydroxyl groups is 1. The molecule has 1 aliphatic rings. The van der Waals surface area contributed by atoms with Crippen molar-refractivity contribution < 1.29 is 32.2 Å². The second-order valence-corrected chi connectivity index (χ2v) is 7.17. The van der Waals surface area contributed by atoms with Gasteiger partial charge in [0.05, 0.1) is 5.56 Å². The van der Waals surface area contributed by atoms with E-state index in [2.05, 4.69) is 0 Å². The van der Waals surface area contributed by atoms with Gasteiger partial charge in [0, 0.05) is 16.5 Å². The molecule has 30 heavy (non-hydrogen) atoms. The van der Waals surface area contributed by atoms with Gasteiger partial charge in [0.1, 0.15) is 30.3 Å². The fraction of sp³-hybridized carbons (Fsp3) is 0.217. The summed E-state index contributed by atoms with van der Waals surface area (Å²) < 4.78 is 55.8. The molecule has 2 heterocycles. The third kappa shape index (κ3) is 3.87. The molecule has 0 fully saturated rings. The molecule has 4 nitrogen and oxygen atoms in total. The molecule has 2 aromatic carbocycles. The van der Waals surface area contributed by atoms with Crippen LogP contribution in [0.25, 0.3) is 16.7 Å². The number of allylic oxidation sites excluding steroid dienone is 1. The largest absolute Gasteiger partial charge is 0.507 e. The number of halogens is 3. The summed E-state index contributed by atoms with van der Waals surface area (Å²) in [6.45, 7) is 3.83. The van der Waals surface area contributed by atoms with Crippen molar-refractivity contribution in [2.45, 2.75) is 26.6 Å². The first-order valence-electron chi connectivity index (χ1n) is 9.28. The Morgan fingerprint density at radius 1 is 1.07 bits per heavy atom. The van der Waals surface area contributed by atoms with Crippen LogP contribution in [0.15, 0.2) is 69.9 Å². The molecular formula is C23H19F3O4. The summed E-state index contributed by atoms with van der Waals surface area (Å²) in [6.07, 6.45) is -4.39. The van der Waals surface area contributed by atoms with Crippen molar-refractivity contribution in [1.29, 1.82) is 0 Å². The molecule has 1 aliphatic heterocycles. The lowest BCUT2D eigenvalue weighted by atomic mass is 10.1. The van der Waals surface area contributed by atoms with Crippen molar-refractivity contribution in [2.75, 3.05) is 6.61 Å². The maximum Gasteiger partial charge on any atom is 0.416 e. The van der Waals surface area contributed by atoms with Gasteiger partial charge in [-0.3, -0.25) is 0 Å². The number of ether oxygens (including phenoxy) is 2. The van der Waals surface area contributed by atoms with Crippen LogP contribution in [-0.2, 0) is 17.5 Å². The molecule has 7 heteroatoms. The fourth-order valence-electron chi connectivity index (χ4n) is 3.27. The number of benzene rings is 2. The SMILES string of the molecule is CC1=C(O)C(C)=C(c2cc3cc(OCc4cccc(C(F)(F)F)c4)ccc3o2)OC1. The van der Waals surface area contributed by atoms with Crippen LogP contribution in [0.4, 0.5) is 13.2 Å². The number of hydrogen-bond donors (Lipinski definition) is 1. The lowest BCUT2D eigenvalue weighted by molar-refractivity contribution is -0.137. The molecule has 3 aromatic rings. The second kappa shape index (κ2) is 7.48. The molecule has 0 amide bonds. The molecular weight excluding hydrogens is 397 g/mol. The zero-order chi connectivity index (χ0) is 21.5. The van der Waals surface area contributed by atoms with Gasteiger partial charge in [-0.05, 0) is 55.8 Å². The highest BCUT2D eigenvalue weighted by Crippen LogP contribution is 2.34. The molecule has 1 aromatic heterocycles. The Morgan fingerprint density at radius 3 is 2.63 bits per heavy atom. The van der Waals surface area contributed by atoms with E-state index < -0.39 is 11.7 Å². The standard InChI is InChI=1S/C23H19F3O4/c1-13-11-29-22(14(2)21(13)27)20-10-16-9-18(6-7-19(16)30-20)28-12-15-4-3-5-17(8-15)23(24,25)26/h3-10,27H,11-12H2,1-2H3. The van der Waals surface area contributed by atoms with Gasteiger partial charge >= 0.3 is 6.18 Å². The van der Waals surface area contributed by atoms with Gasteiger partial charge < -0.3 is 19.0 Å². The predicted molar refractivity (Wildman–Crippen MR) is 106 cm³/mol. The summed E-state index contributed by atoms with van der Waals surface area (Å²) >= 11 is 0. The maximum atomic E-state index is 12.9. The summed E-state index contributed by atoms with van der Waals surface area (Å²) in [5.41, 5.74) is 1.66. The van der Waals surface area contributed by atoms with Crippen LogP contribution < -0.4 is 4.74 Å². The zero-order valence-corrected chi connectivity index (χ0v) is 16.3. The molecule has 0 unspecified atom stereocenters. The van der Waals surface area contributed by atoms with Crippen molar-refractivity contribution in [3.63, 3.8) is 0 Å². The van der Waals surface area contributed by atoms with Crippen molar-refractivity contribution in [2.24, 2.45) is 0 Å². The summed E-state index contributed by atoms with van der Waals surface area (Å²) in [4.78, 5) is 0. The number of aliphatic hydroxyl groups excluding tert-OH is 1. The molecule has 0 atom stereocenters. The fourth-order valence-corrected chi connectivity index (χ4v) is 3.27. The molecule has 0 spiro atoms. The molecule has 4 rings (SSSR count). The highest BCUT2D eigenvalue weighted by molar-refractivity contribution is 5.83. The minimum absolute atomic E-state index is 0.00541. The lowest BCUT2D eigenvalue weighted by Gasteiger charge is -2.18. The number of fused-ring (bicyclic) bond motifs is 1. The van der Waals surface area contributed by atoms with Crippen LogP contribution in [0.5, 0.6) is 5.75 Å². The number of alkyl halides is 3. The van der Waals surface area contributed by atoms with Gasteiger partial charge in [-0.15, -0.1) is 0 Å². The normalized spacial score (nSPS) is 15.0. The first kappa shape index (κ1) is 19.9. The average Bonchev–Trinajstić information content (AvgIpc) is 3.13. The molecule has 0 saturated carbocycles. The van der Waals surface area contributed by atoms with E-state index in [4.69, 9.17) is 13.9 Å². The van der Waals surface area contributed by atoms with Gasteiger partial charge in [-0.25, -0.2) is 0 Å². The Morgan fingerprint density at radius 2 is 1.87 bits per heavy atom. The van der Waals surface area contributed by atoms with Gasteiger partial charge in [0.2, 0.25) is 0 Å². The Bertz CT molecular complexity index is 1170. The van der Waals surface area contributed by atoms with Crippen molar-refractivity contribution in [3.05, 3.63) is 82.3 Å². The smallest absolute Gasteiger partial charge is 0.416 e.